The smallest absolute Gasteiger partial charge is 0.262 e. The summed E-state index contributed by atoms with van der Waals surface area (Å²) in [4.78, 5) is 12.3. The predicted octanol–water partition coefficient (Wildman–Crippen LogP) is 3.52. The molecule has 162 valence electrons. The highest BCUT2D eigenvalue weighted by Gasteiger charge is 2.27. The molecule has 0 bridgehead atoms. The maximum absolute atomic E-state index is 12.8. The van der Waals surface area contributed by atoms with E-state index in [4.69, 9.17) is 9.47 Å². The SMILES string of the molecule is CCOc1ccc(NC(=O)COc2ccc(S(=O)(=O)N3CCC(C)CC3)cc2)cc1. The van der Waals surface area contributed by atoms with E-state index >= 15 is 0 Å². The van der Waals surface area contributed by atoms with Gasteiger partial charge in [-0.1, -0.05) is 6.92 Å². The van der Waals surface area contributed by atoms with E-state index in [0.29, 0.717) is 37.1 Å². The molecule has 30 heavy (non-hydrogen) atoms. The zero-order valence-electron chi connectivity index (χ0n) is 17.3. The second kappa shape index (κ2) is 9.95. The molecule has 8 heteroatoms. The number of carbonyl (C=O) groups excluding carboxylic acids is 1. The van der Waals surface area contributed by atoms with Gasteiger partial charge in [0, 0.05) is 18.8 Å². The van der Waals surface area contributed by atoms with Crippen molar-refractivity contribution < 1.29 is 22.7 Å². The van der Waals surface area contributed by atoms with Gasteiger partial charge in [0.25, 0.3) is 5.91 Å². The summed E-state index contributed by atoms with van der Waals surface area (Å²) in [6.45, 7) is 5.55. The maximum Gasteiger partial charge on any atom is 0.262 e. The molecule has 0 spiro atoms. The quantitative estimate of drug-likeness (QED) is 0.690. The van der Waals surface area contributed by atoms with Crippen LogP contribution in [0.4, 0.5) is 5.69 Å². The second-order valence-corrected chi connectivity index (χ2v) is 9.29. The fraction of sp³-hybridized carbons (Fsp3) is 0.409. The Balaban J connectivity index is 1.52. The van der Waals surface area contributed by atoms with Crippen LogP contribution in [0.25, 0.3) is 0 Å². The third-order valence-corrected chi connectivity index (χ3v) is 6.94. The number of rotatable bonds is 8. The van der Waals surface area contributed by atoms with E-state index in [0.717, 1.165) is 18.6 Å². The van der Waals surface area contributed by atoms with Crippen molar-refractivity contribution in [3.63, 3.8) is 0 Å². The fourth-order valence-electron chi connectivity index (χ4n) is 3.23. The maximum atomic E-state index is 12.8. The van der Waals surface area contributed by atoms with E-state index < -0.39 is 10.0 Å². The minimum Gasteiger partial charge on any atom is -0.494 e. The molecule has 0 aliphatic carbocycles. The first-order valence-electron chi connectivity index (χ1n) is 10.1. The second-order valence-electron chi connectivity index (χ2n) is 7.35. The molecule has 0 aromatic heterocycles. The van der Waals surface area contributed by atoms with Gasteiger partial charge in [-0.3, -0.25) is 4.79 Å². The van der Waals surface area contributed by atoms with E-state index in [2.05, 4.69) is 12.2 Å². The van der Waals surface area contributed by atoms with Crippen molar-refractivity contribution >= 4 is 21.6 Å². The molecule has 1 saturated heterocycles. The molecule has 2 aromatic carbocycles. The summed E-state index contributed by atoms with van der Waals surface area (Å²) in [6, 6.07) is 13.3. The Kier molecular flexibility index (Phi) is 7.33. The molecular formula is C22H28N2O5S. The van der Waals surface area contributed by atoms with Gasteiger partial charge < -0.3 is 14.8 Å². The minimum atomic E-state index is -3.49. The lowest BCUT2D eigenvalue weighted by Gasteiger charge is -2.29. The van der Waals surface area contributed by atoms with Crippen LogP contribution in [0, 0.1) is 5.92 Å². The molecule has 1 aliphatic heterocycles. The number of benzene rings is 2. The number of sulfonamides is 1. The Bertz CT molecular complexity index is 934. The molecule has 1 amide bonds. The van der Waals surface area contributed by atoms with E-state index in [1.54, 1.807) is 36.4 Å². The van der Waals surface area contributed by atoms with Gasteiger partial charge >= 0.3 is 0 Å². The van der Waals surface area contributed by atoms with E-state index in [9.17, 15) is 13.2 Å². The van der Waals surface area contributed by atoms with Gasteiger partial charge in [0.05, 0.1) is 11.5 Å². The van der Waals surface area contributed by atoms with Gasteiger partial charge in [-0.25, -0.2) is 8.42 Å². The van der Waals surface area contributed by atoms with Crippen molar-refractivity contribution in [2.24, 2.45) is 5.92 Å². The van der Waals surface area contributed by atoms with Crippen LogP contribution in [0.3, 0.4) is 0 Å². The molecule has 1 fully saturated rings. The standard InChI is InChI=1S/C22H28N2O5S/c1-3-28-19-6-4-18(5-7-19)23-22(25)16-29-20-8-10-21(11-9-20)30(26,27)24-14-12-17(2)13-15-24/h4-11,17H,3,12-16H2,1-2H3,(H,23,25). The lowest BCUT2D eigenvalue weighted by Crippen LogP contribution is -2.37. The van der Waals surface area contributed by atoms with E-state index in [1.165, 1.54) is 16.4 Å². The number of ether oxygens (including phenoxy) is 2. The summed E-state index contributed by atoms with van der Waals surface area (Å²) in [5.74, 6) is 1.42. The average Bonchev–Trinajstić information content (AvgIpc) is 2.74. The molecule has 1 N–H and O–H groups in total. The average molecular weight is 433 g/mol. The third-order valence-electron chi connectivity index (χ3n) is 5.02. The summed E-state index contributed by atoms with van der Waals surface area (Å²) in [5.41, 5.74) is 0.643. The Morgan fingerprint density at radius 1 is 1.00 bits per heavy atom. The topological polar surface area (TPSA) is 84.9 Å². The molecule has 1 aliphatic rings. The number of nitrogens with one attached hydrogen (secondary N) is 1. The van der Waals surface area contributed by atoms with Gasteiger partial charge in [-0.05, 0) is 74.2 Å². The van der Waals surface area contributed by atoms with Crippen molar-refractivity contribution in [1.29, 1.82) is 0 Å². The monoisotopic (exact) mass is 432 g/mol. The highest BCUT2D eigenvalue weighted by Crippen LogP contribution is 2.25. The Labute approximate surface area is 178 Å². The van der Waals surface area contributed by atoms with Crippen molar-refractivity contribution in [2.45, 2.75) is 31.6 Å². The van der Waals surface area contributed by atoms with Crippen LogP contribution in [-0.4, -0.2) is 44.9 Å². The first kappa shape index (κ1) is 22.1. The van der Waals surface area contributed by atoms with Gasteiger partial charge in [0.1, 0.15) is 11.5 Å². The van der Waals surface area contributed by atoms with E-state index in [1.807, 2.05) is 6.92 Å². The summed E-state index contributed by atoms with van der Waals surface area (Å²) < 4.78 is 37.9. The van der Waals surface area contributed by atoms with Crippen LogP contribution >= 0.6 is 0 Å². The number of hydrogen-bond acceptors (Lipinski definition) is 5. The van der Waals surface area contributed by atoms with Crippen LogP contribution < -0.4 is 14.8 Å². The highest BCUT2D eigenvalue weighted by atomic mass is 32.2. The van der Waals surface area contributed by atoms with E-state index in [-0.39, 0.29) is 17.4 Å². The number of amides is 1. The fourth-order valence-corrected chi connectivity index (χ4v) is 4.70. The molecule has 0 atom stereocenters. The Morgan fingerprint density at radius 3 is 2.17 bits per heavy atom. The molecule has 0 unspecified atom stereocenters. The van der Waals surface area contributed by atoms with Crippen molar-refractivity contribution in [1.82, 2.24) is 4.31 Å². The van der Waals surface area contributed by atoms with Crippen LogP contribution in [0.5, 0.6) is 11.5 Å². The summed E-state index contributed by atoms with van der Waals surface area (Å²) in [7, 11) is -3.49. The number of carbonyl (C=O) groups is 1. The number of piperidine rings is 1. The van der Waals surface area contributed by atoms with Gasteiger partial charge in [0.15, 0.2) is 6.61 Å². The van der Waals surface area contributed by atoms with Crippen LogP contribution in [-0.2, 0) is 14.8 Å². The molecule has 3 rings (SSSR count). The predicted molar refractivity (Wildman–Crippen MR) is 115 cm³/mol. The number of nitrogens with zero attached hydrogens (tertiary/aromatic N) is 1. The molecular weight excluding hydrogens is 404 g/mol. The number of hydrogen-bond donors (Lipinski definition) is 1. The van der Waals surface area contributed by atoms with Crippen LogP contribution in [0.2, 0.25) is 0 Å². The van der Waals surface area contributed by atoms with Crippen LogP contribution in [0.15, 0.2) is 53.4 Å². The zero-order valence-corrected chi connectivity index (χ0v) is 18.2. The summed E-state index contributed by atoms with van der Waals surface area (Å²) in [5, 5.41) is 2.74. The minimum absolute atomic E-state index is 0.177. The van der Waals surface area contributed by atoms with Gasteiger partial charge in [-0.2, -0.15) is 4.31 Å². The Hall–Kier alpha value is -2.58. The first-order valence-corrected chi connectivity index (χ1v) is 11.6. The third kappa shape index (κ3) is 5.73. The first-order chi connectivity index (χ1) is 14.4. The lowest BCUT2D eigenvalue weighted by molar-refractivity contribution is -0.118. The Morgan fingerprint density at radius 2 is 1.57 bits per heavy atom. The van der Waals surface area contributed by atoms with Crippen molar-refractivity contribution in [2.75, 3.05) is 31.6 Å². The van der Waals surface area contributed by atoms with Crippen molar-refractivity contribution in [3.8, 4) is 11.5 Å². The largest absolute Gasteiger partial charge is 0.494 e. The normalized spacial score (nSPS) is 15.5. The molecule has 0 saturated carbocycles. The van der Waals surface area contributed by atoms with Crippen LogP contribution in [0.1, 0.15) is 26.7 Å². The van der Waals surface area contributed by atoms with Gasteiger partial charge in [-0.15, -0.1) is 0 Å². The van der Waals surface area contributed by atoms with Gasteiger partial charge in [0.2, 0.25) is 10.0 Å². The zero-order chi connectivity index (χ0) is 21.6. The van der Waals surface area contributed by atoms with Crippen molar-refractivity contribution in [3.05, 3.63) is 48.5 Å². The highest BCUT2D eigenvalue weighted by molar-refractivity contribution is 7.89. The summed E-state index contributed by atoms with van der Waals surface area (Å²) >= 11 is 0. The molecule has 2 aromatic rings. The summed E-state index contributed by atoms with van der Waals surface area (Å²) in [6.07, 6.45) is 1.76. The number of anilines is 1. The molecule has 1 heterocycles. The molecule has 0 radical (unpaired) electrons. The molecule has 7 nitrogen and oxygen atoms in total. The lowest BCUT2D eigenvalue weighted by atomic mass is 10.0.